The van der Waals surface area contributed by atoms with Crippen molar-refractivity contribution < 1.29 is 27.5 Å². The van der Waals surface area contributed by atoms with E-state index in [1.54, 1.807) is 6.92 Å². The first-order chi connectivity index (χ1) is 11.7. The third-order valence-corrected chi connectivity index (χ3v) is 2.88. The Labute approximate surface area is 144 Å². The molecule has 11 heteroatoms. The zero-order valence-electron chi connectivity index (χ0n) is 12.5. The molecule has 1 aromatic heterocycles. The van der Waals surface area contributed by atoms with Crippen molar-refractivity contribution in [1.82, 2.24) is 20.8 Å². The number of hydrogen-bond donors (Lipinski definition) is 2. The average Bonchev–Trinajstić information content (AvgIpc) is 2.50. The summed E-state index contributed by atoms with van der Waals surface area (Å²) in [6.45, 7) is 1.58. The zero-order valence-corrected chi connectivity index (χ0v) is 13.3. The first-order valence-electron chi connectivity index (χ1n) is 6.62. The van der Waals surface area contributed by atoms with Gasteiger partial charge < -0.3 is 4.74 Å². The van der Waals surface area contributed by atoms with Gasteiger partial charge in [0.1, 0.15) is 11.4 Å². The van der Waals surface area contributed by atoms with Gasteiger partial charge in [-0.05, 0) is 36.7 Å². The average molecular weight is 375 g/mol. The molecule has 0 aliphatic rings. The number of benzene rings is 1. The number of ether oxygens (including phenoxy) is 1. The number of carbonyl (C=O) groups excluding carboxylic acids is 2. The Morgan fingerprint density at radius 3 is 2.40 bits per heavy atom. The van der Waals surface area contributed by atoms with Crippen LogP contribution in [0.5, 0.6) is 5.75 Å². The molecule has 2 N–H and O–H groups in total. The third-order valence-electron chi connectivity index (χ3n) is 2.71. The minimum atomic E-state index is -4.96. The van der Waals surface area contributed by atoms with E-state index in [2.05, 4.69) is 14.7 Å². The van der Waals surface area contributed by atoms with Gasteiger partial charge >= 0.3 is 6.36 Å². The second-order valence-electron chi connectivity index (χ2n) is 4.62. The number of alkyl halides is 3. The van der Waals surface area contributed by atoms with Crippen LogP contribution in [-0.4, -0.2) is 28.1 Å². The molecule has 0 spiro atoms. The molecule has 0 bridgehead atoms. The second kappa shape index (κ2) is 7.34. The van der Waals surface area contributed by atoms with E-state index in [0.29, 0.717) is 5.69 Å². The van der Waals surface area contributed by atoms with E-state index in [1.807, 2.05) is 10.9 Å². The van der Waals surface area contributed by atoms with Crippen LogP contribution in [-0.2, 0) is 0 Å². The van der Waals surface area contributed by atoms with Crippen LogP contribution in [0, 0.1) is 6.92 Å². The lowest BCUT2D eigenvalue weighted by atomic mass is 10.2. The minimum absolute atomic E-state index is 0.127. The Morgan fingerprint density at radius 2 is 1.76 bits per heavy atom. The van der Waals surface area contributed by atoms with Crippen molar-refractivity contribution in [3.63, 3.8) is 0 Å². The summed E-state index contributed by atoms with van der Waals surface area (Å²) in [5.74, 6) is -2.54. The smallest absolute Gasteiger partial charge is 0.405 e. The summed E-state index contributed by atoms with van der Waals surface area (Å²) in [4.78, 5) is 31.3. The van der Waals surface area contributed by atoms with Gasteiger partial charge in [0.05, 0.1) is 5.56 Å². The fourth-order valence-electron chi connectivity index (χ4n) is 1.76. The molecule has 25 heavy (non-hydrogen) atoms. The Morgan fingerprint density at radius 1 is 1.12 bits per heavy atom. The van der Waals surface area contributed by atoms with Gasteiger partial charge in [-0.15, -0.1) is 13.2 Å². The topological polar surface area (TPSA) is 93.2 Å². The number of hydrogen-bond acceptors (Lipinski definition) is 5. The fourth-order valence-corrected chi connectivity index (χ4v) is 1.99. The van der Waals surface area contributed by atoms with Gasteiger partial charge in [-0.25, -0.2) is 9.97 Å². The maximum absolute atomic E-state index is 12.3. The maximum atomic E-state index is 12.3. The highest BCUT2D eigenvalue weighted by Crippen LogP contribution is 2.25. The third kappa shape index (κ3) is 5.31. The molecule has 132 valence electrons. The van der Waals surface area contributed by atoms with Gasteiger partial charge in [0.15, 0.2) is 0 Å². The summed E-state index contributed by atoms with van der Waals surface area (Å²) < 4.78 is 40.8. The predicted molar refractivity (Wildman–Crippen MR) is 79.8 cm³/mol. The number of nitrogens with one attached hydrogen (secondary N) is 2. The van der Waals surface area contributed by atoms with Gasteiger partial charge in [-0.1, -0.05) is 12.1 Å². The van der Waals surface area contributed by atoms with Crippen molar-refractivity contribution in [1.29, 1.82) is 0 Å². The Balaban J connectivity index is 2.09. The van der Waals surface area contributed by atoms with Crippen molar-refractivity contribution >= 4 is 23.4 Å². The number of hydrazine groups is 1. The molecule has 0 unspecified atom stereocenters. The number of halogens is 4. The monoisotopic (exact) mass is 374 g/mol. The molecular formula is C14H10ClF3N4O3. The first kappa shape index (κ1) is 18.5. The predicted octanol–water partition coefficient (Wildman–Crippen LogP) is 2.41. The SMILES string of the molecule is Cc1cc(C(=O)NNC(=O)c2ccccc2OC(F)(F)F)nc(Cl)n1. The van der Waals surface area contributed by atoms with E-state index in [-0.39, 0.29) is 11.0 Å². The number of carbonyl (C=O) groups is 2. The number of amides is 2. The van der Waals surface area contributed by atoms with E-state index < -0.39 is 29.5 Å². The fraction of sp³-hybridized carbons (Fsp3) is 0.143. The van der Waals surface area contributed by atoms with Crippen LogP contribution in [0.25, 0.3) is 0 Å². The molecule has 2 rings (SSSR count). The molecule has 0 saturated heterocycles. The molecule has 1 aromatic carbocycles. The van der Waals surface area contributed by atoms with E-state index in [1.165, 1.54) is 18.2 Å². The van der Waals surface area contributed by atoms with E-state index in [0.717, 1.165) is 12.1 Å². The maximum Gasteiger partial charge on any atom is 0.573 e. The highest BCUT2D eigenvalue weighted by atomic mass is 35.5. The van der Waals surface area contributed by atoms with E-state index in [4.69, 9.17) is 11.6 Å². The largest absolute Gasteiger partial charge is 0.573 e. The summed E-state index contributed by atoms with van der Waals surface area (Å²) in [6.07, 6.45) is -4.96. The van der Waals surface area contributed by atoms with Crippen molar-refractivity contribution in [3.05, 3.63) is 52.6 Å². The summed E-state index contributed by atoms with van der Waals surface area (Å²) in [5.41, 5.74) is 3.86. The number of aryl methyl sites for hydroxylation is 1. The molecule has 0 aliphatic carbocycles. The van der Waals surface area contributed by atoms with Crippen LogP contribution in [0.1, 0.15) is 26.5 Å². The van der Waals surface area contributed by atoms with Crippen LogP contribution in [0.2, 0.25) is 5.28 Å². The molecule has 1 heterocycles. The first-order valence-corrected chi connectivity index (χ1v) is 7.00. The molecule has 0 atom stereocenters. The normalized spacial score (nSPS) is 10.9. The summed E-state index contributed by atoms with van der Waals surface area (Å²) in [7, 11) is 0. The standard InChI is InChI=1S/C14H10ClF3N4O3/c1-7-6-9(20-13(15)19-7)12(24)22-21-11(23)8-4-2-3-5-10(8)25-14(16,17)18/h2-6H,1H3,(H,21,23)(H,22,24). The van der Waals surface area contributed by atoms with Crippen LogP contribution < -0.4 is 15.6 Å². The molecule has 0 fully saturated rings. The number of aromatic nitrogens is 2. The highest BCUT2D eigenvalue weighted by molar-refractivity contribution is 6.28. The van der Waals surface area contributed by atoms with Gasteiger partial charge in [0, 0.05) is 5.69 Å². The van der Waals surface area contributed by atoms with Crippen molar-refractivity contribution in [2.24, 2.45) is 0 Å². The Bertz CT molecular complexity index is 794. The molecule has 7 nitrogen and oxygen atoms in total. The molecular weight excluding hydrogens is 365 g/mol. The van der Waals surface area contributed by atoms with Gasteiger partial charge in [0.25, 0.3) is 11.8 Å². The Hall–Kier alpha value is -2.88. The zero-order chi connectivity index (χ0) is 18.6. The van der Waals surface area contributed by atoms with E-state index in [9.17, 15) is 22.8 Å². The minimum Gasteiger partial charge on any atom is -0.405 e. The molecule has 0 saturated carbocycles. The molecule has 0 aliphatic heterocycles. The summed E-state index contributed by atoms with van der Waals surface area (Å²) >= 11 is 5.62. The lowest BCUT2D eigenvalue weighted by Crippen LogP contribution is -2.42. The summed E-state index contributed by atoms with van der Waals surface area (Å²) in [6, 6.07) is 6.00. The van der Waals surface area contributed by atoms with Crippen molar-refractivity contribution in [3.8, 4) is 5.75 Å². The van der Waals surface area contributed by atoms with Crippen LogP contribution >= 0.6 is 11.6 Å². The molecule has 2 aromatic rings. The van der Waals surface area contributed by atoms with Gasteiger partial charge in [-0.2, -0.15) is 0 Å². The quantitative estimate of drug-likeness (QED) is 0.635. The summed E-state index contributed by atoms with van der Waals surface area (Å²) in [5, 5.41) is -0.166. The van der Waals surface area contributed by atoms with Crippen LogP contribution in [0.15, 0.2) is 30.3 Å². The molecule has 0 radical (unpaired) electrons. The van der Waals surface area contributed by atoms with Crippen molar-refractivity contribution in [2.75, 3.05) is 0 Å². The number of rotatable bonds is 3. The van der Waals surface area contributed by atoms with Crippen LogP contribution in [0.3, 0.4) is 0 Å². The second-order valence-corrected chi connectivity index (χ2v) is 4.95. The highest BCUT2D eigenvalue weighted by Gasteiger charge is 2.32. The van der Waals surface area contributed by atoms with Gasteiger partial charge in [-0.3, -0.25) is 20.4 Å². The lowest BCUT2D eigenvalue weighted by molar-refractivity contribution is -0.274. The number of nitrogens with zero attached hydrogens (tertiary/aromatic N) is 2. The number of para-hydroxylation sites is 1. The van der Waals surface area contributed by atoms with Gasteiger partial charge in [0.2, 0.25) is 5.28 Å². The molecule has 2 amide bonds. The van der Waals surface area contributed by atoms with Crippen molar-refractivity contribution in [2.45, 2.75) is 13.3 Å². The van der Waals surface area contributed by atoms with Crippen LogP contribution in [0.4, 0.5) is 13.2 Å². The Kier molecular flexibility index (Phi) is 5.42. The lowest BCUT2D eigenvalue weighted by Gasteiger charge is -2.13. The van der Waals surface area contributed by atoms with E-state index >= 15 is 0 Å².